The Hall–Kier alpha value is -1.77. The van der Waals surface area contributed by atoms with E-state index in [1.165, 1.54) is 0 Å². The minimum Gasteiger partial charge on any atom is -0.261 e. The lowest BCUT2D eigenvalue weighted by molar-refractivity contribution is 0.294. The first-order valence-electron chi connectivity index (χ1n) is 6.13. The van der Waals surface area contributed by atoms with Crippen molar-refractivity contribution in [3.05, 3.63) is 54.4 Å². The highest BCUT2D eigenvalue weighted by atomic mass is 14.8. The predicted molar refractivity (Wildman–Crippen MR) is 72.3 cm³/mol. The van der Waals surface area contributed by atoms with Crippen LogP contribution in [0.15, 0.2) is 43.1 Å². The third-order valence-corrected chi connectivity index (χ3v) is 4.15. The van der Waals surface area contributed by atoms with Gasteiger partial charge in [-0.2, -0.15) is 0 Å². The predicted octanol–water partition coefficient (Wildman–Crippen LogP) is 3.13. The van der Waals surface area contributed by atoms with Crippen LogP contribution >= 0.6 is 0 Å². The van der Waals surface area contributed by atoms with Crippen LogP contribution in [0.25, 0.3) is 0 Å². The molecule has 0 unspecified atom stereocenters. The highest BCUT2D eigenvalue weighted by molar-refractivity contribution is 5.30. The summed E-state index contributed by atoms with van der Waals surface area (Å²) < 4.78 is 0. The maximum Gasteiger partial charge on any atom is 0.115 e. The minimum absolute atomic E-state index is 0.0946. The average molecular weight is 241 g/mol. The van der Waals surface area contributed by atoms with Gasteiger partial charge in [-0.05, 0) is 17.7 Å². The monoisotopic (exact) mass is 241 g/mol. The molecule has 0 aromatic carbocycles. The van der Waals surface area contributed by atoms with Crippen molar-refractivity contribution in [1.29, 1.82) is 0 Å². The topological polar surface area (TPSA) is 38.7 Å². The van der Waals surface area contributed by atoms with E-state index in [2.05, 4.69) is 48.7 Å². The molecule has 94 valence electrons. The largest absolute Gasteiger partial charge is 0.261 e. The number of nitrogens with zero attached hydrogens (tertiary/aromatic N) is 3. The Kier molecular flexibility index (Phi) is 3.16. The molecule has 2 aromatic rings. The summed E-state index contributed by atoms with van der Waals surface area (Å²) in [6, 6.07) is 6.05. The molecule has 0 radical (unpaired) electrons. The van der Waals surface area contributed by atoms with Crippen molar-refractivity contribution in [2.75, 3.05) is 0 Å². The van der Waals surface area contributed by atoms with Crippen LogP contribution in [0.2, 0.25) is 0 Å². The second-order valence-corrected chi connectivity index (χ2v) is 5.59. The van der Waals surface area contributed by atoms with Crippen LogP contribution in [0, 0.1) is 0 Å². The van der Waals surface area contributed by atoms with Gasteiger partial charge in [0.15, 0.2) is 0 Å². The highest BCUT2D eigenvalue weighted by Crippen LogP contribution is 2.42. The molecule has 2 rings (SSSR count). The number of aromatic nitrogens is 3. The maximum atomic E-state index is 4.50. The fourth-order valence-corrected chi connectivity index (χ4v) is 2.04. The lowest BCUT2D eigenvalue weighted by Gasteiger charge is -2.41. The van der Waals surface area contributed by atoms with Gasteiger partial charge < -0.3 is 0 Å². The van der Waals surface area contributed by atoms with Gasteiger partial charge in [-0.15, -0.1) is 0 Å². The van der Waals surface area contributed by atoms with E-state index in [1.54, 1.807) is 6.33 Å². The van der Waals surface area contributed by atoms with Crippen LogP contribution < -0.4 is 0 Å². The van der Waals surface area contributed by atoms with Crippen LogP contribution in [0.1, 0.15) is 39.0 Å². The zero-order chi connectivity index (χ0) is 13.2. The van der Waals surface area contributed by atoms with Gasteiger partial charge in [-0.25, -0.2) is 9.97 Å². The molecule has 2 aromatic heterocycles. The molecule has 18 heavy (non-hydrogen) atoms. The second kappa shape index (κ2) is 4.48. The Bertz CT molecular complexity index is 454. The van der Waals surface area contributed by atoms with Crippen LogP contribution in [0.4, 0.5) is 0 Å². The first kappa shape index (κ1) is 12.7. The van der Waals surface area contributed by atoms with Gasteiger partial charge in [0.25, 0.3) is 0 Å². The van der Waals surface area contributed by atoms with E-state index in [0.29, 0.717) is 0 Å². The van der Waals surface area contributed by atoms with Crippen LogP contribution in [0.5, 0.6) is 0 Å². The molecule has 0 atom stereocenters. The summed E-state index contributed by atoms with van der Waals surface area (Å²) in [5.41, 5.74) is 2.02. The van der Waals surface area contributed by atoms with Crippen LogP contribution in [-0.4, -0.2) is 15.0 Å². The summed E-state index contributed by atoms with van der Waals surface area (Å²) in [4.78, 5) is 12.8. The van der Waals surface area contributed by atoms with E-state index < -0.39 is 0 Å². The molecule has 2 heterocycles. The third-order valence-electron chi connectivity index (χ3n) is 4.15. The molecular weight excluding hydrogens is 222 g/mol. The SMILES string of the molecule is CC(C)(c1cncnc1)C(C)(C)c1ccccn1. The molecule has 3 nitrogen and oxygen atoms in total. The van der Waals surface area contributed by atoms with Gasteiger partial charge in [-0.3, -0.25) is 4.98 Å². The van der Waals surface area contributed by atoms with E-state index in [1.807, 2.05) is 30.7 Å². The zero-order valence-electron chi connectivity index (χ0n) is 11.4. The zero-order valence-corrected chi connectivity index (χ0v) is 11.4. The number of hydrogen-bond acceptors (Lipinski definition) is 3. The van der Waals surface area contributed by atoms with E-state index in [0.717, 1.165) is 11.3 Å². The Morgan fingerprint density at radius 3 is 2.11 bits per heavy atom. The standard InChI is InChI=1S/C15H19N3/c1-14(2,12-9-16-11-17-10-12)15(3,4)13-7-5-6-8-18-13/h5-11H,1-4H3. The van der Waals surface area contributed by atoms with Gasteiger partial charge in [-0.1, -0.05) is 33.8 Å². The molecule has 0 fully saturated rings. The normalized spacial score (nSPS) is 12.4. The smallest absolute Gasteiger partial charge is 0.115 e. The van der Waals surface area contributed by atoms with Gasteiger partial charge in [0.1, 0.15) is 6.33 Å². The quantitative estimate of drug-likeness (QED) is 0.828. The second-order valence-electron chi connectivity index (χ2n) is 5.59. The third kappa shape index (κ3) is 2.01. The highest BCUT2D eigenvalue weighted by Gasteiger charge is 2.41. The molecule has 3 heteroatoms. The molecule has 0 aliphatic carbocycles. The van der Waals surface area contributed by atoms with Crippen LogP contribution in [-0.2, 0) is 10.8 Å². The molecule has 0 amide bonds. The van der Waals surface area contributed by atoms with E-state index in [4.69, 9.17) is 0 Å². The summed E-state index contributed by atoms with van der Waals surface area (Å²) in [6.07, 6.45) is 7.18. The lowest BCUT2D eigenvalue weighted by Crippen LogP contribution is -2.41. The average Bonchev–Trinajstić information content (AvgIpc) is 2.40. The molecule has 0 bridgehead atoms. The van der Waals surface area contributed by atoms with E-state index in [9.17, 15) is 0 Å². The first-order chi connectivity index (χ1) is 8.46. The van der Waals surface area contributed by atoms with E-state index in [-0.39, 0.29) is 10.8 Å². The van der Waals surface area contributed by atoms with Crippen molar-refractivity contribution < 1.29 is 0 Å². The van der Waals surface area contributed by atoms with Crippen molar-refractivity contribution in [2.45, 2.75) is 38.5 Å². The Morgan fingerprint density at radius 1 is 0.889 bits per heavy atom. The Balaban J connectivity index is 2.47. The molecule has 0 N–H and O–H groups in total. The Morgan fingerprint density at radius 2 is 1.56 bits per heavy atom. The van der Waals surface area contributed by atoms with Crippen molar-refractivity contribution in [3.63, 3.8) is 0 Å². The number of rotatable bonds is 3. The number of pyridine rings is 1. The van der Waals surface area contributed by atoms with Crippen molar-refractivity contribution >= 4 is 0 Å². The number of hydrogen-bond donors (Lipinski definition) is 0. The van der Waals surface area contributed by atoms with Crippen molar-refractivity contribution in [2.24, 2.45) is 0 Å². The molecule has 0 saturated carbocycles. The molecule has 0 aliphatic heterocycles. The van der Waals surface area contributed by atoms with Crippen molar-refractivity contribution in [3.8, 4) is 0 Å². The molecule has 0 saturated heterocycles. The molecule has 0 aliphatic rings. The summed E-state index contributed by atoms with van der Waals surface area (Å²) in [6.45, 7) is 8.84. The first-order valence-corrected chi connectivity index (χ1v) is 6.13. The fourth-order valence-electron chi connectivity index (χ4n) is 2.04. The minimum atomic E-state index is -0.0982. The molecular formula is C15H19N3. The Labute approximate surface area is 108 Å². The summed E-state index contributed by atoms with van der Waals surface area (Å²) >= 11 is 0. The van der Waals surface area contributed by atoms with E-state index >= 15 is 0 Å². The molecule has 0 spiro atoms. The van der Waals surface area contributed by atoms with Gasteiger partial charge >= 0.3 is 0 Å². The summed E-state index contributed by atoms with van der Waals surface area (Å²) in [5, 5.41) is 0. The van der Waals surface area contributed by atoms with Gasteiger partial charge in [0.05, 0.1) is 0 Å². The lowest BCUT2D eigenvalue weighted by atomic mass is 9.63. The van der Waals surface area contributed by atoms with Gasteiger partial charge in [0, 0.05) is 35.1 Å². The fraction of sp³-hybridized carbons (Fsp3) is 0.400. The summed E-state index contributed by atoms with van der Waals surface area (Å²) in [7, 11) is 0. The maximum absolute atomic E-state index is 4.50. The summed E-state index contributed by atoms with van der Waals surface area (Å²) in [5.74, 6) is 0. The van der Waals surface area contributed by atoms with Gasteiger partial charge in [0.2, 0.25) is 0 Å². The van der Waals surface area contributed by atoms with Crippen LogP contribution in [0.3, 0.4) is 0 Å². The van der Waals surface area contributed by atoms with Crippen molar-refractivity contribution in [1.82, 2.24) is 15.0 Å².